The summed E-state index contributed by atoms with van der Waals surface area (Å²) in [6.07, 6.45) is -0.610. The summed E-state index contributed by atoms with van der Waals surface area (Å²) in [7, 11) is 0. The Labute approximate surface area is 123 Å². The number of anilines is 1. The van der Waals surface area contributed by atoms with Crippen LogP contribution < -0.4 is 10.5 Å². The van der Waals surface area contributed by atoms with E-state index in [1.165, 1.54) is 0 Å². The van der Waals surface area contributed by atoms with E-state index in [2.05, 4.69) is 0 Å². The first kappa shape index (κ1) is 14.4. The molecule has 2 N–H and O–H groups in total. The first-order valence-corrected chi connectivity index (χ1v) is 6.67. The van der Waals surface area contributed by atoms with Crippen molar-refractivity contribution >= 4 is 23.1 Å². The highest BCUT2D eigenvalue weighted by Gasteiger charge is 2.17. The van der Waals surface area contributed by atoms with Crippen LogP contribution in [0.3, 0.4) is 0 Å². The van der Waals surface area contributed by atoms with Crippen molar-refractivity contribution in [3.63, 3.8) is 0 Å². The predicted octanol–water partition coefficient (Wildman–Crippen LogP) is 3.88. The molecule has 2 rings (SSSR count). The monoisotopic (exact) mass is 289 g/mol. The van der Waals surface area contributed by atoms with Gasteiger partial charge >= 0.3 is 0 Å². The molecule has 1 unspecified atom stereocenters. The summed E-state index contributed by atoms with van der Waals surface area (Å²) in [4.78, 5) is 12.2. The minimum absolute atomic E-state index is 0.110. The second-order valence-electron chi connectivity index (χ2n) is 4.67. The Hall–Kier alpha value is -2.00. The minimum atomic E-state index is -0.610. The molecule has 1 atom stereocenters. The number of ketones is 1. The number of benzene rings is 2. The number of carbonyl (C=O) groups is 1. The molecule has 0 spiro atoms. The van der Waals surface area contributed by atoms with Gasteiger partial charge in [-0.05, 0) is 55.8 Å². The van der Waals surface area contributed by atoms with Gasteiger partial charge in [0.25, 0.3) is 0 Å². The third kappa shape index (κ3) is 3.31. The number of aryl methyl sites for hydroxylation is 1. The number of hydrogen-bond donors (Lipinski definition) is 1. The number of nitrogens with two attached hydrogens (primary N) is 1. The fourth-order valence-electron chi connectivity index (χ4n) is 1.87. The fourth-order valence-corrected chi connectivity index (χ4v) is 1.99. The lowest BCUT2D eigenvalue weighted by Gasteiger charge is -2.15. The van der Waals surface area contributed by atoms with Crippen LogP contribution in [0.2, 0.25) is 5.02 Å². The van der Waals surface area contributed by atoms with E-state index in [-0.39, 0.29) is 5.78 Å². The molecule has 20 heavy (non-hydrogen) atoms. The maximum atomic E-state index is 12.2. The van der Waals surface area contributed by atoms with Gasteiger partial charge in [0.2, 0.25) is 5.78 Å². The molecule has 0 aliphatic rings. The van der Waals surface area contributed by atoms with Gasteiger partial charge in [-0.1, -0.05) is 17.7 Å². The Bertz CT molecular complexity index is 623. The van der Waals surface area contributed by atoms with Crippen LogP contribution >= 0.6 is 11.6 Å². The van der Waals surface area contributed by atoms with E-state index in [9.17, 15) is 4.79 Å². The second kappa shape index (κ2) is 5.97. The summed E-state index contributed by atoms with van der Waals surface area (Å²) >= 11 is 5.80. The van der Waals surface area contributed by atoms with Gasteiger partial charge < -0.3 is 10.5 Å². The van der Waals surface area contributed by atoms with Crippen molar-refractivity contribution in [2.75, 3.05) is 5.73 Å². The summed E-state index contributed by atoms with van der Waals surface area (Å²) in [5, 5.41) is 0.595. The molecule has 0 saturated heterocycles. The molecule has 0 heterocycles. The van der Waals surface area contributed by atoms with Gasteiger partial charge in [0.05, 0.1) is 5.69 Å². The third-order valence-electron chi connectivity index (χ3n) is 2.97. The van der Waals surface area contributed by atoms with Gasteiger partial charge in [0.15, 0.2) is 6.10 Å². The standard InChI is InChI=1S/C16H16ClNO2/c1-10-3-8-15(14(18)9-10)20-11(2)16(19)12-4-6-13(17)7-5-12/h3-9,11H,18H2,1-2H3. The summed E-state index contributed by atoms with van der Waals surface area (Å²) in [6.45, 7) is 3.65. The number of rotatable bonds is 4. The highest BCUT2D eigenvalue weighted by atomic mass is 35.5. The fraction of sp³-hybridized carbons (Fsp3) is 0.188. The Morgan fingerprint density at radius 2 is 1.85 bits per heavy atom. The van der Waals surface area contributed by atoms with Gasteiger partial charge in [0, 0.05) is 10.6 Å². The second-order valence-corrected chi connectivity index (χ2v) is 5.11. The molecule has 4 heteroatoms. The molecule has 0 saturated carbocycles. The van der Waals surface area contributed by atoms with Gasteiger partial charge in [0.1, 0.15) is 5.75 Å². The summed E-state index contributed by atoms with van der Waals surface area (Å²) in [5.41, 5.74) is 8.01. The van der Waals surface area contributed by atoms with Crippen molar-refractivity contribution < 1.29 is 9.53 Å². The number of ether oxygens (including phenoxy) is 1. The van der Waals surface area contributed by atoms with E-state index in [0.717, 1.165) is 5.56 Å². The number of hydrogen-bond acceptors (Lipinski definition) is 3. The SMILES string of the molecule is Cc1ccc(OC(C)C(=O)c2ccc(Cl)cc2)c(N)c1. The van der Waals surface area contributed by atoms with Crippen molar-refractivity contribution in [1.29, 1.82) is 0 Å². The summed E-state index contributed by atoms with van der Waals surface area (Å²) in [6, 6.07) is 12.2. The minimum Gasteiger partial charge on any atom is -0.480 e. The van der Waals surface area contributed by atoms with Crippen LogP contribution in [-0.2, 0) is 0 Å². The van der Waals surface area contributed by atoms with Crippen molar-refractivity contribution in [3.05, 3.63) is 58.6 Å². The first-order valence-electron chi connectivity index (χ1n) is 6.30. The third-order valence-corrected chi connectivity index (χ3v) is 3.22. The highest BCUT2D eigenvalue weighted by molar-refractivity contribution is 6.30. The van der Waals surface area contributed by atoms with Gasteiger partial charge in [-0.2, -0.15) is 0 Å². The van der Waals surface area contributed by atoms with Gasteiger partial charge in [-0.15, -0.1) is 0 Å². The van der Waals surface area contributed by atoms with Crippen LogP contribution in [0.5, 0.6) is 5.75 Å². The lowest BCUT2D eigenvalue weighted by molar-refractivity contribution is 0.0819. The van der Waals surface area contributed by atoms with Crippen LogP contribution in [0.1, 0.15) is 22.8 Å². The molecule has 0 aliphatic carbocycles. The molecule has 104 valence electrons. The van der Waals surface area contributed by atoms with E-state index in [0.29, 0.717) is 22.0 Å². The lowest BCUT2D eigenvalue weighted by atomic mass is 10.1. The van der Waals surface area contributed by atoms with Crippen molar-refractivity contribution in [2.45, 2.75) is 20.0 Å². The molecule has 0 aliphatic heterocycles. The topological polar surface area (TPSA) is 52.3 Å². The van der Waals surface area contributed by atoms with E-state index < -0.39 is 6.10 Å². The molecular weight excluding hydrogens is 274 g/mol. The number of carbonyl (C=O) groups excluding carboxylic acids is 1. The Morgan fingerprint density at radius 3 is 2.45 bits per heavy atom. The zero-order valence-electron chi connectivity index (χ0n) is 11.4. The average Bonchev–Trinajstić information content (AvgIpc) is 2.42. The van der Waals surface area contributed by atoms with E-state index in [1.807, 2.05) is 19.1 Å². The summed E-state index contributed by atoms with van der Waals surface area (Å²) < 4.78 is 5.64. The number of nitrogen functional groups attached to an aromatic ring is 1. The van der Waals surface area contributed by atoms with Crippen molar-refractivity contribution in [3.8, 4) is 5.75 Å². The molecule has 0 aromatic heterocycles. The highest BCUT2D eigenvalue weighted by Crippen LogP contribution is 2.24. The molecule has 3 nitrogen and oxygen atoms in total. The molecule has 0 amide bonds. The van der Waals surface area contributed by atoms with Crippen LogP contribution in [0.4, 0.5) is 5.69 Å². The van der Waals surface area contributed by atoms with E-state index >= 15 is 0 Å². The largest absolute Gasteiger partial charge is 0.480 e. The zero-order valence-corrected chi connectivity index (χ0v) is 12.1. The maximum absolute atomic E-state index is 12.2. The van der Waals surface area contributed by atoms with E-state index in [1.54, 1.807) is 37.3 Å². The quantitative estimate of drug-likeness (QED) is 0.686. The van der Waals surface area contributed by atoms with Gasteiger partial charge in [-0.25, -0.2) is 0 Å². The smallest absolute Gasteiger partial charge is 0.202 e. The van der Waals surface area contributed by atoms with Gasteiger partial charge in [-0.3, -0.25) is 4.79 Å². The molecular formula is C16H16ClNO2. The number of Topliss-reactive ketones (excluding diaryl/α,β-unsaturated/α-hetero) is 1. The summed E-state index contributed by atoms with van der Waals surface area (Å²) in [5.74, 6) is 0.409. The van der Waals surface area contributed by atoms with Crippen LogP contribution in [-0.4, -0.2) is 11.9 Å². The normalized spacial score (nSPS) is 11.9. The Balaban J connectivity index is 2.13. The van der Waals surface area contributed by atoms with Crippen molar-refractivity contribution in [1.82, 2.24) is 0 Å². The van der Waals surface area contributed by atoms with E-state index in [4.69, 9.17) is 22.1 Å². The lowest BCUT2D eigenvalue weighted by Crippen LogP contribution is -2.24. The van der Waals surface area contributed by atoms with Crippen molar-refractivity contribution in [2.24, 2.45) is 0 Å². The molecule has 0 radical (unpaired) electrons. The van der Waals surface area contributed by atoms with Crippen LogP contribution in [0.25, 0.3) is 0 Å². The molecule has 2 aromatic rings. The zero-order chi connectivity index (χ0) is 14.7. The molecule has 0 bridgehead atoms. The predicted molar refractivity (Wildman–Crippen MR) is 81.5 cm³/mol. The molecule has 2 aromatic carbocycles. The average molecular weight is 290 g/mol. The van der Waals surface area contributed by atoms with Crippen LogP contribution in [0.15, 0.2) is 42.5 Å². The maximum Gasteiger partial charge on any atom is 0.202 e. The Morgan fingerprint density at radius 1 is 1.20 bits per heavy atom. The number of halogens is 1. The van der Waals surface area contributed by atoms with Crippen LogP contribution in [0, 0.1) is 6.92 Å². The first-order chi connectivity index (χ1) is 9.47. The Kier molecular flexibility index (Phi) is 4.30. The molecule has 0 fully saturated rings.